The van der Waals surface area contributed by atoms with Gasteiger partial charge in [-0.3, -0.25) is 0 Å². The molecule has 1 N–H and O–H groups in total. The molecule has 0 aromatic carbocycles. The first-order valence-electron chi connectivity index (χ1n) is 5.47. The summed E-state index contributed by atoms with van der Waals surface area (Å²) in [6.45, 7) is 3.70. The Hall–Kier alpha value is -1.00. The highest BCUT2D eigenvalue weighted by molar-refractivity contribution is 5.01. The van der Waals surface area contributed by atoms with Crippen LogP contribution in [0.15, 0.2) is 18.7 Å². The normalized spacial score (nSPS) is 21.5. The van der Waals surface area contributed by atoms with E-state index in [9.17, 15) is 0 Å². The van der Waals surface area contributed by atoms with Gasteiger partial charge in [0.05, 0.1) is 6.61 Å². The Labute approximate surface area is 90.1 Å². The minimum absolute atomic E-state index is 0.670. The van der Waals surface area contributed by atoms with E-state index in [2.05, 4.69) is 15.3 Å². The van der Waals surface area contributed by atoms with Gasteiger partial charge in [-0.15, -0.1) is 0 Å². The fourth-order valence-electron chi connectivity index (χ4n) is 1.81. The molecule has 1 fully saturated rings. The Morgan fingerprint density at radius 2 is 2.27 bits per heavy atom. The van der Waals surface area contributed by atoms with Gasteiger partial charge < -0.3 is 10.1 Å². The lowest BCUT2D eigenvalue weighted by Crippen LogP contribution is -2.28. The van der Waals surface area contributed by atoms with Crippen molar-refractivity contribution in [2.45, 2.75) is 19.4 Å². The fraction of sp³-hybridized carbons (Fsp3) is 0.636. The second-order valence-electron chi connectivity index (χ2n) is 3.96. The summed E-state index contributed by atoms with van der Waals surface area (Å²) >= 11 is 0. The van der Waals surface area contributed by atoms with Gasteiger partial charge in [0.25, 0.3) is 0 Å². The molecule has 1 atom stereocenters. The number of aromatic nitrogens is 2. The van der Waals surface area contributed by atoms with Crippen LogP contribution in [0.3, 0.4) is 0 Å². The quantitative estimate of drug-likeness (QED) is 0.800. The molecule has 0 saturated carbocycles. The predicted molar refractivity (Wildman–Crippen MR) is 57.3 cm³/mol. The van der Waals surface area contributed by atoms with Crippen LogP contribution in [0.1, 0.15) is 18.4 Å². The first-order valence-corrected chi connectivity index (χ1v) is 5.47. The maximum absolute atomic E-state index is 5.42. The van der Waals surface area contributed by atoms with Gasteiger partial charge in [-0.1, -0.05) is 0 Å². The molecule has 82 valence electrons. The zero-order valence-electron chi connectivity index (χ0n) is 8.85. The van der Waals surface area contributed by atoms with Crippen molar-refractivity contribution in [3.63, 3.8) is 0 Å². The zero-order valence-corrected chi connectivity index (χ0v) is 8.85. The number of nitrogens with zero attached hydrogens (tertiary/aromatic N) is 2. The summed E-state index contributed by atoms with van der Waals surface area (Å²) in [6, 6.07) is 0. The van der Waals surface area contributed by atoms with Gasteiger partial charge in [0.15, 0.2) is 0 Å². The first-order chi connectivity index (χ1) is 7.45. The van der Waals surface area contributed by atoms with E-state index in [1.54, 1.807) is 6.33 Å². The van der Waals surface area contributed by atoms with E-state index < -0.39 is 0 Å². The third-order valence-electron chi connectivity index (χ3n) is 2.63. The number of hydrogen-bond acceptors (Lipinski definition) is 4. The van der Waals surface area contributed by atoms with Gasteiger partial charge in [0.2, 0.25) is 0 Å². The smallest absolute Gasteiger partial charge is 0.115 e. The molecule has 1 aliphatic heterocycles. The minimum Gasteiger partial charge on any atom is -0.381 e. The van der Waals surface area contributed by atoms with E-state index in [0.29, 0.717) is 5.92 Å². The van der Waals surface area contributed by atoms with E-state index in [4.69, 9.17) is 4.74 Å². The lowest BCUT2D eigenvalue weighted by molar-refractivity contribution is 0.0547. The van der Waals surface area contributed by atoms with E-state index in [1.807, 2.05) is 12.4 Å². The van der Waals surface area contributed by atoms with Gasteiger partial charge in [-0.05, 0) is 18.8 Å². The molecule has 2 rings (SSSR count). The highest BCUT2D eigenvalue weighted by Crippen LogP contribution is 2.12. The van der Waals surface area contributed by atoms with Gasteiger partial charge in [-0.2, -0.15) is 0 Å². The topological polar surface area (TPSA) is 47.0 Å². The highest BCUT2D eigenvalue weighted by Gasteiger charge is 2.12. The van der Waals surface area contributed by atoms with Crippen LogP contribution in [-0.2, 0) is 11.3 Å². The molecule has 4 nitrogen and oxygen atoms in total. The molecule has 4 heteroatoms. The van der Waals surface area contributed by atoms with Crippen molar-refractivity contribution in [1.29, 1.82) is 0 Å². The first kappa shape index (κ1) is 10.5. The Bertz CT molecular complexity index is 272. The van der Waals surface area contributed by atoms with Crippen LogP contribution in [0.4, 0.5) is 0 Å². The third-order valence-corrected chi connectivity index (χ3v) is 2.63. The van der Waals surface area contributed by atoms with Crippen molar-refractivity contribution >= 4 is 0 Å². The molecule has 0 radical (unpaired) electrons. The average molecular weight is 207 g/mol. The summed E-state index contributed by atoms with van der Waals surface area (Å²) in [4.78, 5) is 7.95. The standard InChI is InChI=1S/C11H17N3O/c1-2-10(8-15-3-1)4-12-5-11-6-13-9-14-7-11/h6-7,9-10,12H,1-5,8H2. The summed E-state index contributed by atoms with van der Waals surface area (Å²) in [7, 11) is 0. The van der Waals surface area contributed by atoms with E-state index in [1.165, 1.54) is 12.8 Å². The molecule has 1 unspecified atom stereocenters. The summed E-state index contributed by atoms with van der Waals surface area (Å²) in [5.41, 5.74) is 1.13. The van der Waals surface area contributed by atoms with Crippen molar-refractivity contribution < 1.29 is 4.74 Å². The molecule has 2 heterocycles. The molecule has 1 aromatic heterocycles. The molecule has 1 saturated heterocycles. The van der Waals surface area contributed by atoms with Gasteiger partial charge in [-0.25, -0.2) is 9.97 Å². The predicted octanol–water partition coefficient (Wildman–Crippen LogP) is 0.993. The van der Waals surface area contributed by atoms with Gasteiger partial charge >= 0.3 is 0 Å². The lowest BCUT2D eigenvalue weighted by Gasteiger charge is -2.22. The SMILES string of the molecule is c1ncc(CNCC2CCCOC2)cn1. The summed E-state index contributed by atoms with van der Waals surface area (Å²) in [6.07, 6.45) is 7.71. The van der Waals surface area contributed by atoms with E-state index in [-0.39, 0.29) is 0 Å². The summed E-state index contributed by atoms with van der Waals surface area (Å²) in [5, 5.41) is 3.41. The molecule has 1 aliphatic rings. The molecular formula is C11H17N3O. The van der Waals surface area contributed by atoms with Crippen molar-refractivity contribution in [2.24, 2.45) is 5.92 Å². The minimum atomic E-state index is 0.670. The number of ether oxygens (including phenoxy) is 1. The third kappa shape index (κ3) is 3.57. The average Bonchev–Trinajstić information content (AvgIpc) is 2.32. The van der Waals surface area contributed by atoms with Crippen molar-refractivity contribution in [1.82, 2.24) is 15.3 Å². The van der Waals surface area contributed by atoms with Crippen molar-refractivity contribution in [3.05, 3.63) is 24.3 Å². The van der Waals surface area contributed by atoms with Crippen LogP contribution in [0.25, 0.3) is 0 Å². The molecule has 1 aromatic rings. The molecular weight excluding hydrogens is 190 g/mol. The Morgan fingerprint density at radius 1 is 1.40 bits per heavy atom. The molecule has 0 amide bonds. The molecule has 0 aliphatic carbocycles. The van der Waals surface area contributed by atoms with Crippen LogP contribution in [-0.4, -0.2) is 29.7 Å². The monoisotopic (exact) mass is 207 g/mol. The second-order valence-corrected chi connectivity index (χ2v) is 3.96. The lowest BCUT2D eigenvalue weighted by atomic mass is 10.0. The zero-order chi connectivity index (χ0) is 10.3. The van der Waals surface area contributed by atoms with Crippen LogP contribution in [0.5, 0.6) is 0 Å². The highest BCUT2D eigenvalue weighted by atomic mass is 16.5. The summed E-state index contributed by atoms with van der Waals surface area (Å²) in [5.74, 6) is 0.670. The fourth-order valence-corrected chi connectivity index (χ4v) is 1.81. The van der Waals surface area contributed by atoms with E-state index in [0.717, 1.165) is 31.9 Å². The van der Waals surface area contributed by atoms with Gasteiger partial charge in [0, 0.05) is 37.7 Å². The second kappa shape index (κ2) is 5.78. The van der Waals surface area contributed by atoms with Crippen LogP contribution in [0, 0.1) is 5.92 Å². The number of nitrogens with one attached hydrogen (secondary N) is 1. The molecule has 0 spiro atoms. The van der Waals surface area contributed by atoms with Crippen LogP contribution in [0.2, 0.25) is 0 Å². The van der Waals surface area contributed by atoms with Crippen LogP contribution < -0.4 is 5.32 Å². The largest absolute Gasteiger partial charge is 0.381 e. The Morgan fingerprint density at radius 3 is 3.00 bits per heavy atom. The van der Waals surface area contributed by atoms with Crippen molar-refractivity contribution in [3.8, 4) is 0 Å². The summed E-state index contributed by atoms with van der Waals surface area (Å²) < 4.78 is 5.42. The van der Waals surface area contributed by atoms with Crippen molar-refractivity contribution in [2.75, 3.05) is 19.8 Å². The maximum Gasteiger partial charge on any atom is 0.115 e. The number of hydrogen-bond donors (Lipinski definition) is 1. The number of rotatable bonds is 4. The molecule has 0 bridgehead atoms. The Kier molecular flexibility index (Phi) is 4.05. The van der Waals surface area contributed by atoms with Gasteiger partial charge in [0.1, 0.15) is 6.33 Å². The Balaban J connectivity index is 1.66. The maximum atomic E-state index is 5.42. The van der Waals surface area contributed by atoms with Crippen LogP contribution >= 0.6 is 0 Å². The molecule has 15 heavy (non-hydrogen) atoms. The van der Waals surface area contributed by atoms with E-state index >= 15 is 0 Å².